The van der Waals surface area contributed by atoms with Gasteiger partial charge in [-0.3, -0.25) is 0 Å². The Balaban J connectivity index is 2.10. The van der Waals surface area contributed by atoms with Gasteiger partial charge in [-0.1, -0.05) is 13.5 Å². The lowest BCUT2D eigenvalue weighted by Crippen LogP contribution is -2.12. The van der Waals surface area contributed by atoms with Gasteiger partial charge in [0.2, 0.25) is 5.95 Å². The van der Waals surface area contributed by atoms with Crippen LogP contribution in [0.3, 0.4) is 0 Å². The molecular formula is C14H19N5O. The van der Waals surface area contributed by atoms with Crippen LogP contribution in [0.25, 0.3) is 11.2 Å². The van der Waals surface area contributed by atoms with Crippen LogP contribution in [0.1, 0.15) is 31.5 Å². The summed E-state index contributed by atoms with van der Waals surface area (Å²) in [5, 5.41) is 10.2. The summed E-state index contributed by atoms with van der Waals surface area (Å²) in [4.78, 5) is 12.8. The van der Waals surface area contributed by atoms with Gasteiger partial charge >= 0.3 is 0 Å². The van der Waals surface area contributed by atoms with Gasteiger partial charge in [-0.25, -0.2) is 9.97 Å². The molecule has 2 aromatic heterocycles. The van der Waals surface area contributed by atoms with Gasteiger partial charge in [0.05, 0.1) is 24.2 Å². The number of aryl methyl sites for hydroxylation is 1. The normalized spacial score (nSPS) is 26.6. The van der Waals surface area contributed by atoms with Gasteiger partial charge < -0.3 is 15.4 Å². The third kappa shape index (κ3) is 1.79. The molecule has 2 heterocycles. The van der Waals surface area contributed by atoms with E-state index in [0.717, 1.165) is 23.2 Å². The molecule has 20 heavy (non-hydrogen) atoms. The summed E-state index contributed by atoms with van der Waals surface area (Å²) in [6.07, 6.45) is 2.92. The smallest absolute Gasteiger partial charge is 0.222 e. The zero-order valence-corrected chi connectivity index (χ0v) is 11.7. The monoisotopic (exact) mass is 273 g/mol. The first-order valence-electron chi connectivity index (χ1n) is 6.86. The molecule has 1 saturated carbocycles. The zero-order chi connectivity index (χ0) is 14.4. The maximum absolute atomic E-state index is 10.2. The molecule has 3 N–H and O–H groups in total. The quantitative estimate of drug-likeness (QED) is 0.811. The minimum atomic E-state index is -0.352. The molecule has 3 atom stereocenters. The molecule has 0 radical (unpaired) electrons. The van der Waals surface area contributed by atoms with Crippen molar-refractivity contribution in [2.24, 2.45) is 5.92 Å². The van der Waals surface area contributed by atoms with Gasteiger partial charge in [0.1, 0.15) is 5.52 Å². The first-order chi connectivity index (χ1) is 9.52. The number of anilines is 1. The highest BCUT2D eigenvalue weighted by Gasteiger charge is 2.37. The molecule has 6 heteroatoms. The van der Waals surface area contributed by atoms with E-state index >= 15 is 0 Å². The molecule has 0 saturated heterocycles. The Bertz CT molecular complexity index is 677. The largest absolute Gasteiger partial charge is 0.392 e. The van der Waals surface area contributed by atoms with E-state index < -0.39 is 0 Å². The lowest BCUT2D eigenvalue weighted by Gasteiger charge is -2.16. The third-order valence-electron chi connectivity index (χ3n) is 4.22. The third-order valence-corrected chi connectivity index (χ3v) is 4.22. The number of fused-ring (bicyclic) bond motifs is 1. The highest BCUT2D eigenvalue weighted by molar-refractivity contribution is 5.74. The van der Waals surface area contributed by atoms with Crippen LogP contribution in [-0.2, 0) is 0 Å². The van der Waals surface area contributed by atoms with Crippen LogP contribution in [0.5, 0.6) is 0 Å². The second-order valence-electron chi connectivity index (χ2n) is 5.40. The van der Waals surface area contributed by atoms with Gasteiger partial charge in [-0.2, -0.15) is 4.98 Å². The molecule has 0 aromatic carbocycles. The van der Waals surface area contributed by atoms with Crippen molar-refractivity contribution in [2.75, 3.05) is 5.73 Å². The zero-order valence-electron chi connectivity index (χ0n) is 11.7. The Kier molecular flexibility index (Phi) is 2.97. The topological polar surface area (TPSA) is 89.8 Å². The number of imidazole rings is 1. The van der Waals surface area contributed by atoms with Gasteiger partial charge in [-0.05, 0) is 25.3 Å². The van der Waals surface area contributed by atoms with E-state index in [1.807, 2.05) is 11.5 Å². The molecule has 0 bridgehead atoms. The first kappa shape index (κ1) is 13.1. The summed E-state index contributed by atoms with van der Waals surface area (Å²) in [6, 6.07) is 0.0219. The van der Waals surface area contributed by atoms with Gasteiger partial charge in [-0.15, -0.1) is 0 Å². The van der Waals surface area contributed by atoms with Crippen molar-refractivity contribution in [1.29, 1.82) is 0 Å². The molecule has 1 fully saturated rings. The molecule has 1 aliphatic carbocycles. The molecule has 0 aliphatic heterocycles. The van der Waals surface area contributed by atoms with Crippen LogP contribution in [-0.4, -0.2) is 30.7 Å². The van der Waals surface area contributed by atoms with E-state index in [4.69, 9.17) is 5.73 Å². The average molecular weight is 273 g/mol. The summed E-state index contributed by atoms with van der Waals surface area (Å²) in [5.41, 5.74) is 9.00. The highest BCUT2D eigenvalue weighted by atomic mass is 16.3. The number of nitrogen functional groups attached to an aromatic ring is 1. The van der Waals surface area contributed by atoms with Crippen LogP contribution in [0.4, 0.5) is 5.95 Å². The molecular weight excluding hydrogens is 254 g/mol. The number of nitrogens with two attached hydrogens (primary N) is 1. The van der Waals surface area contributed by atoms with E-state index in [0.29, 0.717) is 12.1 Å². The van der Waals surface area contributed by atoms with E-state index in [2.05, 4.69) is 28.5 Å². The van der Waals surface area contributed by atoms with Crippen molar-refractivity contribution >= 4 is 17.1 Å². The minimum absolute atomic E-state index is 0.0219. The highest BCUT2D eigenvalue weighted by Crippen LogP contribution is 2.41. The molecule has 0 spiro atoms. The number of hydrogen-bond donors (Lipinski definition) is 2. The molecule has 6 nitrogen and oxygen atoms in total. The van der Waals surface area contributed by atoms with E-state index in [1.54, 1.807) is 6.33 Å². The summed E-state index contributed by atoms with van der Waals surface area (Å²) in [7, 11) is 0. The Morgan fingerprint density at radius 3 is 2.90 bits per heavy atom. The maximum atomic E-state index is 10.2. The van der Waals surface area contributed by atoms with Crippen molar-refractivity contribution in [2.45, 2.75) is 38.8 Å². The molecule has 0 amide bonds. The number of aliphatic hydroxyl groups is 1. The second-order valence-corrected chi connectivity index (χ2v) is 5.40. The predicted molar refractivity (Wildman–Crippen MR) is 77.1 cm³/mol. The summed E-state index contributed by atoms with van der Waals surface area (Å²) in [6.45, 7) is 8.10. The summed E-state index contributed by atoms with van der Waals surface area (Å²) < 4.78 is 1.96. The second kappa shape index (κ2) is 4.56. The number of aliphatic hydroxyl groups excluding tert-OH is 1. The van der Waals surface area contributed by atoms with Crippen LogP contribution in [0.15, 0.2) is 18.5 Å². The van der Waals surface area contributed by atoms with Crippen molar-refractivity contribution in [1.82, 2.24) is 19.5 Å². The van der Waals surface area contributed by atoms with Crippen LogP contribution in [0, 0.1) is 12.8 Å². The van der Waals surface area contributed by atoms with Crippen molar-refractivity contribution < 1.29 is 5.11 Å². The van der Waals surface area contributed by atoms with E-state index in [9.17, 15) is 5.11 Å². The van der Waals surface area contributed by atoms with Crippen LogP contribution < -0.4 is 5.73 Å². The molecule has 106 valence electrons. The molecule has 1 aliphatic rings. The number of aromatic nitrogens is 4. The lowest BCUT2D eigenvalue weighted by atomic mass is 9.98. The van der Waals surface area contributed by atoms with Crippen LogP contribution >= 0.6 is 0 Å². The van der Waals surface area contributed by atoms with Gasteiger partial charge in [0.15, 0.2) is 5.65 Å². The summed E-state index contributed by atoms with van der Waals surface area (Å²) >= 11 is 0. The molecule has 3 rings (SSSR count). The fourth-order valence-electron chi connectivity index (χ4n) is 3.17. The van der Waals surface area contributed by atoms with Crippen LogP contribution in [0.2, 0.25) is 0 Å². The maximum Gasteiger partial charge on any atom is 0.222 e. The minimum Gasteiger partial charge on any atom is -0.392 e. The van der Waals surface area contributed by atoms with Crippen molar-refractivity contribution in [3.05, 3.63) is 24.2 Å². The number of nitrogens with zero attached hydrogens (tertiary/aromatic N) is 4. The Hall–Kier alpha value is -1.95. The molecule has 0 unspecified atom stereocenters. The SMILES string of the molecule is C=C1[C@H](CC)[C@@H](O)C[C@@H]1n1cnc2c(C)nc(N)nc21. The fraction of sp³-hybridized carbons (Fsp3) is 0.500. The van der Waals surface area contributed by atoms with E-state index in [1.165, 1.54) is 0 Å². The average Bonchev–Trinajstić information content (AvgIpc) is 2.91. The van der Waals surface area contributed by atoms with Crippen molar-refractivity contribution in [3.8, 4) is 0 Å². The number of rotatable bonds is 2. The lowest BCUT2D eigenvalue weighted by molar-refractivity contribution is 0.136. The Labute approximate surface area is 117 Å². The van der Waals surface area contributed by atoms with Gasteiger partial charge in [0.25, 0.3) is 0 Å². The standard InChI is InChI=1S/C14H19N5O/c1-4-9-7(2)10(5-11(9)20)19-6-16-12-8(3)17-14(15)18-13(12)19/h6,9-11,20H,2,4-5H2,1,3H3,(H2,15,17,18)/t9-,10-,11-/m0/s1. The summed E-state index contributed by atoms with van der Waals surface area (Å²) in [5.74, 6) is 0.380. The van der Waals surface area contributed by atoms with E-state index in [-0.39, 0.29) is 24.0 Å². The predicted octanol–water partition coefficient (Wildman–Crippen LogP) is 1.61. The number of hydrogen-bond acceptors (Lipinski definition) is 5. The fourth-order valence-corrected chi connectivity index (χ4v) is 3.17. The van der Waals surface area contributed by atoms with Gasteiger partial charge in [0, 0.05) is 5.92 Å². The first-order valence-corrected chi connectivity index (χ1v) is 6.86. The Morgan fingerprint density at radius 2 is 2.25 bits per heavy atom. The molecule has 2 aromatic rings. The van der Waals surface area contributed by atoms with Crippen molar-refractivity contribution in [3.63, 3.8) is 0 Å². The Morgan fingerprint density at radius 1 is 1.50 bits per heavy atom.